The van der Waals surface area contributed by atoms with Crippen LogP contribution in [0.2, 0.25) is 0 Å². The maximum Gasteiger partial charge on any atom is 0.177 e. The average molecular weight is 242 g/mol. The van der Waals surface area contributed by atoms with Crippen molar-refractivity contribution in [2.45, 2.75) is 18.2 Å². The van der Waals surface area contributed by atoms with Gasteiger partial charge in [-0.2, -0.15) is 0 Å². The SMILES string of the molecule is CC(CN)Cc1ccc(N)c(S(C)(=O)=O)c1. The van der Waals surface area contributed by atoms with E-state index in [9.17, 15) is 8.42 Å². The minimum Gasteiger partial charge on any atom is -0.398 e. The third-order valence-electron chi connectivity index (χ3n) is 2.46. The number of nitrogens with two attached hydrogens (primary N) is 2. The van der Waals surface area contributed by atoms with Gasteiger partial charge in [0.2, 0.25) is 0 Å². The first-order valence-corrected chi connectivity index (χ1v) is 7.02. The number of rotatable bonds is 4. The molecule has 0 aromatic heterocycles. The highest BCUT2D eigenvalue weighted by Gasteiger charge is 2.12. The largest absolute Gasteiger partial charge is 0.398 e. The van der Waals surface area contributed by atoms with Crippen LogP contribution in [0, 0.1) is 5.92 Å². The molecule has 0 heterocycles. The standard InChI is InChI=1S/C11H18N2O2S/c1-8(7-12)5-9-3-4-10(13)11(6-9)16(2,14)15/h3-4,6,8H,5,7,12-13H2,1-2H3. The average Bonchev–Trinajstić information content (AvgIpc) is 2.19. The molecule has 90 valence electrons. The number of sulfone groups is 1. The molecule has 0 bridgehead atoms. The zero-order valence-corrected chi connectivity index (χ0v) is 10.4. The van der Waals surface area contributed by atoms with Gasteiger partial charge in [-0.1, -0.05) is 13.0 Å². The predicted molar refractivity (Wildman–Crippen MR) is 65.9 cm³/mol. The number of anilines is 1. The van der Waals surface area contributed by atoms with Crippen molar-refractivity contribution in [3.8, 4) is 0 Å². The quantitative estimate of drug-likeness (QED) is 0.765. The van der Waals surface area contributed by atoms with Gasteiger partial charge < -0.3 is 11.5 Å². The van der Waals surface area contributed by atoms with E-state index in [0.29, 0.717) is 18.2 Å². The lowest BCUT2D eigenvalue weighted by molar-refractivity contribution is 0.590. The normalized spacial score (nSPS) is 13.7. The van der Waals surface area contributed by atoms with Gasteiger partial charge in [0.1, 0.15) is 0 Å². The predicted octanol–water partition coefficient (Wildman–Crippen LogP) is 0.810. The van der Waals surface area contributed by atoms with Crippen molar-refractivity contribution in [1.29, 1.82) is 0 Å². The molecule has 1 atom stereocenters. The first-order valence-electron chi connectivity index (χ1n) is 5.13. The second-order valence-corrected chi connectivity index (χ2v) is 6.17. The van der Waals surface area contributed by atoms with Gasteiger partial charge in [0, 0.05) is 6.26 Å². The molecule has 4 N–H and O–H groups in total. The first kappa shape index (κ1) is 13.0. The van der Waals surface area contributed by atoms with Crippen LogP contribution < -0.4 is 11.5 Å². The lowest BCUT2D eigenvalue weighted by Crippen LogP contribution is -2.13. The summed E-state index contributed by atoms with van der Waals surface area (Å²) in [5, 5.41) is 0. The fraction of sp³-hybridized carbons (Fsp3) is 0.455. The lowest BCUT2D eigenvalue weighted by atomic mass is 10.0. The van der Waals surface area contributed by atoms with E-state index in [1.807, 2.05) is 13.0 Å². The van der Waals surface area contributed by atoms with Crippen LogP contribution in [0.3, 0.4) is 0 Å². The van der Waals surface area contributed by atoms with Crippen molar-refractivity contribution < 1.29 is 8.42 Å². The molecule has 0 aliphatic rings. The van der Waals surface area contributed by atoms with Crippen molar-refractivity contribution in [3.05, 3.63) is 23.8 Å². The molecule has 1 rings (SSSR count). The molecule has 1 aromatic rings. The van der Waals surface area contributed by atoms with Gasteiger partial charge in [-0.15, -0.1) is 0 Å². The van der Waals surface area contributed by atoms with Crippen molar-refractivity contribution in [2.75, 3.05) is 18.5 Å². The van der Waals surface area contributed by atoms with Crippen molar-refractivity contribution >= 4 is 15.5 Å². The van der Waals surface area contributed by atoms with Gasteiger partial charge in [0.25, 0.3) is 0 Å². The first-order chi connectivity index (χ1) is 7.34. The Labute approximate surface area is 96.6 Å². The Hall–Kier alpha value is -1.07. The maximum absolute atomic E-state index is 11.5. The minimum atomic E-state index is -3.25. The number of hydrogen-bond acceptors (Lipinski definition) is 4. The molecule has 1 unspecified atom stereocenters. The Kier molecular flexibility index (Phi) is 3.93. The van der Waals surface area contributed by atoms with E-state index in [2.05, 4.69) is 0 Å². The highest BCUT2D eigenvalue weighted by atomic mass is 32.2. The van der Waals surface area contributed by atoms with E-state index < -0.39 is 9.84 Å². The van der Waals surface area contributed by atoms with Gasteiger partial charge in [0.05, 0.1) is 10.6 Å². The fourth-order valence-electron chi connectivity index (χ4n) is 1.51. The van der Waals surface area contributed by atoms with E-state index >= 15 is 0 Å². The van der Waals surface area contributed by atoms with Crippen molar-refractivity contribution in [3.63, 3.8) is 0 Å². The Morgan fingerprint density at radius 1 is 1.38 bits per heavy atom. The van der Waals surface area contributed by atoms with Crippen LogP contribution in [0.25, 0.3) is 0 Å². The van der Waals surface area contributed by atoms with Gasteiger partial charge in [-0.25, -0.2) is 8.42 Å². The molecule has 0 spiro atoms. The molecule has 0 saturated carbocycles. The van der Waals surface area contributed by atoms with E-state index in [1.165, 1.54) is 0 Å². The van der Waals surface area contributed by atoms with Crippen molar-refractivity contribution in [1.82, 2.24) is 0 Å². The molecule has 0 saturated heterocycles. The Morgan fingerprint density at radius 2 is 2.00 bits per heavy atom. The highest BCUT2D eigenvalue weighted by Crippen LogP contribution is 2.21. The Morgan fingerprint density at radius 3 is 2.50 bits per heavy atom. The van der Waals surface area contributed by atoms with E-state index in [1.54, 1.807) is 12.1 Å². The molecule has 0 aliphatic heterocycles. The molecular weight excluding hydrogens is 224 g/mol. The summed E-state index contributed by atoms with van der Waals surface area (Å²) in [5.41, 5.74) is 12.4. The topological polar surface area (TPSA) is 86.2 Å². The second-order valence-electron chi connectivity index (χ2n) is 4.19. The van der Waals surface area contributed by atoms with E-state index in [-0.39, 0.29) is 4.90 Å². The number of hydrogen-bond donors (Lipinski definition) is 2. The summed E-state index contributed by atoms with van der Waals surface area (Å²) < 4.78 is 22.9. The van der Waals surface area contributed by atoms with Crippen LogP contribution in [-0.4, -0.2) is 21.2 Å². The summed E-state index contributed by atoms with van der Waals surface area (Å²) in [7, 11) is -3.25. The van der Waals surface area contributed by atoms with E-state index in [0.717, 1.165) is 18.2 Å². The van der Waals surface area contributed by atoms with Gasteiger partial charge >= 0.3 is 0 Å². The van der Waals surface area contributed by atoms with Crippen LogP contribution >= 0.6 is 0 Å². The summed E-state index contributed by atoms with van der Waals surface area (Å²) in [6.45, 7) is 2.61. The zero-order valence-electron chi connectivity index (χ0n) is 9.60. The fourth-order valence-corrected chi connectivity index (χ4v) is 2.37. The molecule has 5 heteroatoms. The molecule has 0 aliphatic carbocycles. The second kappa shape index (κ2) is 4.84. The van der Waals surface area contributed by atoms with Gasteiger partial charge in [0.15, 0.2) is 9.84 Å². The van der Waals surface area contributed by atoms with Crippen molar-refractivity contribution in [2.24, 2.45) is 11.7 Å². The molecule has 0 fully saturated rings. The third-order valence-corrected chi connectivity index (χ3v) is 3.62. The van der Waals surface area contributed by atoms with Crippen LogP contribution in [0.5, 0.6) is 0 Å². The van der Waals surface area contributed by atoms with Gasteiger partial charge in [-0.05, 0) is 36.6 Å². The molecular formula is C11H18N2O2S. The van der Waals surface area contributed by atoms with E-state index in [4.69, 9.17) is 11.5 Å². The Balaban J connectivity index is 3.08. The monoisotopic (exact) mass is 242 g/mol. The number of benzene rings is 1. The van der Waals surface area contributed by atoms with Crippen LogP contribution in [-0.2, 0) is 16.3 Å². The summed E-state index contributed by atoms with van der Waals surface area (Å²) in [6, 6.07) is 5.11. The zero-order chi connectivity index (χ0) is 12.3. The maximum atomic E-state index is 11.5. The smallest absolute Gasteiger partial charge is 0.177 e. The molecule has 16 heavy (non-hydrogen) atoms. The lowest BCUT2D eigenvalue weighted by Gasteiger charge is -2.10. The minimum absolute atomic E-state index is 0.203. The van der Waals surface area contributed by atoms with Gasteiger partial charge in [-0.3, -0.25) is 0 Å². The molecule has 0 radical (unpaired) electrons. The molecule has 4 nitrogen and oxygen atoms in total. The summed E-state index contributed by atoms with van der Waals surface area (Å²) in [4.78, 5) is 0.203. The summed E-state index contributed by atoms with van der Waals surface area (Å²) in [5.74, 6) is 0.330. The molecule has 0 amide bonds. The third kappa shape index (κ3) is 3.21. The van der Waals surface area contributed by atoms with Crippen LogP contribution in [0.1, 0.15) is 12.5 Å². The number of nitrogen functional groups attached to an aromatic ring is 1. The molecule has 1 aromatic carbocycles. The van der Waals surface area contributed by atoms with Crippen LogP contribution in [0.4, 0.5) is 5.69 Å². The van der Waals surface area contributed by atoms with Crippen LogP contribution in [0.15, 0.2) is 23.1 Å². The summed E-state index contributed by atoms with van der Waals surface area (Å²) >= 11 is 0. The Bertz CT molecular complexity index is 469. The highest BCUT2D eigenvalue weighted by molar-refractivity contribution is 7.90. The summed E-state index contributed by atoms with van der Waals surface area (Å²) in [6.07, 6.45) is 1.92.